The number of fused-ring (bicyclic) bond motifs is 1. The van der Waals surface area contributed by atoms with Crippen LogP contribution >= 0.6 is 0 Å². The van der Waals surface area contributed by atoms with Gasteiger partial charge in [0.05, 0.1) is 30.3 Å². The zero-order chi connectivity index (χ0) is 19.4. The molecule has 140 valence electrons. The second kappa shape index (κ2) is 7.86. The predicted octanol–water partition coefficient (Wildman–Crippen LogP) is 0.890. The zero-order valence-electron chi connectivity index (χ0n) is 15.1. The number of aryl methyl sites for hydroxylation is 1. The Morgan fingerprint density at radius 2 is 1.93 bits per heavy atom. The molecule has 0 bridgehead atoms. The molecule has 3 rings (SSSR count). The van der Waals surface area contributed by atoms with Gasteiger partial charge >= 0.3 is 0 Å². The number of benzene rings is 1. The van der Waals surface area contributed by atoms with Crippen molar-refractivity contribution in [3.63, 3.8) is 0 Å². The SMILES string of the molecule is CC(NC(=O)Cc1nn(C)c(=O)c2ccccc12)C(=O)NCc1ccco1. The van der Waals surface area contributed by atoms with E-state index in [2.05, 4.69) is 15.7 Å². The van der Waals surface area contributed by atoms with E-state index in [-0.39, 0.29) is 30.3 Å². The maximum atomic E-state index is 12.4. The molecule has 8 heteroatoms. The van der Waals surface area contributed by atoms with Crippen LogP contribution in [0, 0.1) is 0 Å². The Balaban J connectivity index is 1.65. The molecule has 1 unspecified atom stereocenters. The van der Waals surface area contributed by atoms with Crippen LogP contribution in [0.2, 0.25) is 0 Å². The minimum absolute atomic E-state index is 0.0373. The smallest absolute Gasteiger partial charge is 0.274 e. The normalized spacial score (nSPS) is 11.9. The fourth-order valence-corrected chi connectivity index (χ4v) is 2.76. The first-order valence-corrected chi connectivity index (χ1v) is 8.50. The summed E-state index contributed by atoms with van der Waals surface area (Å²) in [6, 6.07) is 9.77. The molecule has 0 aliphatic rings. The molecule has 1 atom stereocenters. The number of nitrogens with zero attached hydrogens (tertiary/aromatic N) is 2. The van der Waals surface area contributed by atoms with Crippen LogP contribution in [0.1, 0.15) is 18.4 Å². The molecule has 0 saturated carbocycles. The Kier molecular flexibility index (Phi) is 5.35. The number of hydrogen-bond donors (Lipinski definition) is 2. The van der Waals surface area contributed by atoms with E-state index in [1.807, 2.05) is 0 Å². The number of rotatable bonds is 6. The lowest BCUT2D eigenvalue weighted by Gasteiger charge is -2.14. The van der Waals surface area contributed by atoms with Crippen LogP contribution in [-0.4, -0.2) is 27.6 Å². The van der Waals surface area contributed by atoms with E-state index in [4.69, 9.17) is 4.42 Å². The van der Waals surface area contributed by atoms with Gasteiger partial charge in [-0.1, -0.05) is 18.2 Å². The molecule has 0 radical (unpaired) electrons. The quantitative estimate of drug-likeness (QED) is 0.672. The first kappa shape index (κ1) is 18.4. The van der Waals surface area contributed by atoms with Gasteiger partial charge in [0.25, 0.3) is 5.56 Å². The Morgan fingerprint density at radius 1 is 1.19 bits per heavy atom. The van der Waals surface area contributed by atoms with E-state index in [0.717, 1.165) is 0 Å². The van der Waals surface area contributed by atoms with E-state index < -0.39 is 6.04 Å². The molecule has 0 fully saturated rings. The van der Waals surface area contributed by atoms with Crippen LogP contribution in [0.25, 0.3) is 10.8 Å². The Bertz CT molecular complexity index is 1020. The minimum Gasteiger partial charge on any atom is -0.467 e. The number of carbonyl (C=O) groups is 2. The fourth-order valence-electron chi connectivity index (χ4n) is 2.76. The standard InChI is InChI=1S/C19H20N4O4/c1-12(18(25)20-11-13-6-5-9-27-13)21-17(24)10-16-14-7-3-4-8-15(14)19(26)23(2)22-16/h3-9,12H,10-11H2,1-2H3,(H,20,25)(H,21,24). The molecule has 1 aromatic carbocycles. The fraction of sp³-hybridized carbons (Fsp3) is 0.263. The van der Waals surface area contributed by atoms with E-state index in [9.17, 15) is 14.4 Å². The average molecular weight is 368 g/mol. The molecular formula is C19H20N4O4. The summed E-state index contributed by atoms with van der Waals surface area (Å²) in [4.78, 5) is 36.6. The summed E-state index contributed by atoms with van der Waals surface area (Å²) in [6.07, 6.45) is 1.49. The van der Waals surface area contributed by atoms with Gasteiger partial charge in [-0.15, -0.1) is 0 Å². The van der Waals surface area contributed by atoms with Crippen molar-refractivity contribution in [1.29, 1.82) is 0 Å². The largest absolute Gasteiger partial charge is 0.467 e. The molecule has 0 spiro atoms. The molecule has 27 heavy (non-hydrogen) atoms. The van der Waals surface area contributed by atoms with Crippen LogP contribution in [0.4, 0.5) is 0 Å². The van der Waals surface area contributed by atoms with Crippen LogP contribution in [0.3, 0.4) is 0 Å². The molecule has 0 saturated heterocycles. The minimum atomic E-state index is -0.716. The molecule has 2 amide bonds. The van der Waals surface area contributed by atoms with Crippen molar-refractivity contribution in [1.82, 2.24) is 20.4 Å². The molecule has 0 aliphatic carbocycles. The first-order chi connectivity index (χ1) is 13.0. The van der Waals surface area contributed by atoms with Gasteiger partial charge in [0.1, 0.15) is 11.8 Å². The number of carbonyl (C=O) groups excluding carboxylic acids is 2. The lowest BCUT2D eigenvalue weighted by atomic mass is 10.1. The second-order valence-corrected chi connectivity index (χ2v) is 6.18. The highest BCUT2D eigenvalue weighted by atomic mass is 16.3. The van der Waals surface area contributed by atoms with Gasteiger partial charge in [-0.25, -0.2) is 4.68 Å². The Morgan fingerprint density at radius 3 is 2.63 bits per heavy atom. The van der Waals surface area contributed by atoms with E-state index in [0.29, 0.717) is 22.2 Å². The van der Waals surface area contributed by atoms with Crippen molar-refractivity contribution >= 4 is 22.6 Å². The number of amides is 2. The number of hydrogen-bond acceptors (Lipinski definition) is 5. The van der Waals surface area contributed by atoms with E-state index in [1.165, 1.54) is 10.9 Å². The predicted molar refractivity (Wildman–Crippen MR) is 98.8 cm³/mol. The maximum Gasteiger partial charge on any atom is 0.274 e. The summed E-state index contributed by atoms with van der Waals surface area (Å²) in [5.41, 5.74) is 0.258. The molecule has 2 N–H and O–H groups in total. The second-order valence-electron chi connectivity index (χ2n) is 6.18. The summed E-state index contributed by atoms with van der Waals surface area (Å²) in [5, 5.41) is 10.7. The molecule has 3 aromatic rings. The monoisotopic (exact) mass is 368 g/mol. The molecule has 0 aliphatic heterocycles. The van der Waals surface area contributed by atoms with Crippen molar-refractivity contribution in [2.75, 3.05) is 0 Å². The van der Waals surface area contributed by atoms with E-state index in [1.54, 1.807) is 50.4 Å². The summed E-state index contributed by atoms with van der Waals surface area (Å²) in [7, 11) is 1.54. The van der Waals surface area contributed by atoms with Gasteiger partial charge in [0.15, 0.2) is 0 Å². The van der Waals surface area contributed by atoms with E-state index >= 15 is 0 Å². The topological polar surface area (TPSA) is 106 Å². The summed E-state index contributed by atoms with van der Waals surface area (Å²) >= 11 is 0. The highest BCUT2D eigenvalue weighted by Crippen LogP contribution is 2.13. The number of nitrogens with one attached hydrogen (secondary N) is 2. The maximum absolute atomic E-state index is 12.4. The van der Waals surface area contributed by atoms with Gasteiger partial charge < -0.3 is 15.1 Å². The lowest BCUT2D eigenvalue weighted by Crippen LogP contribution is -2.45. The molecule has 2 heterocycles. The number of aromatic nitrogens is 2. The first-order valence-electron chi connectivity index (χ1n) is 8.50. The van der Waals surface area contributed by atoms with Crippen molar-refractivity contribution in [2.45, 2.75) is 25.9 Å². The number of furan rings is 1. The van der Waals surface area contributed by atoms with Crippen LogP contribution < -0.4 is 16.2 Å². The Hall–Kier alpha value is -3.42. The highest BCUT2D eigenvalue weighted by molar-refractivity contribution is 5.91. The molecule has 8 nitrogen and oxygen atoms in total. The van der Waals surface area contributed by atoms with Gasteiger partial charge in [-0.2, -0.15) is 5.10 Å². The van der Waals surface area contributed by atoms with Gasteiger partial charge in [0, 0.05) is 12.4 Å². The summed E-state index contributed by atoms with van der Waals surface area (Å²) in [5.74, 6) is -0.0484. The third-order valence-corrected chi connectivity index (χ3v) is 4.15. The lowest BCUT2D eigenvalue weighted by molar-refractivity contribution is -0.128. The third-order valence-electron chi connectivity index (χ3n) is 4.15. The van der Waals surface area contributed by atoms with Crippen LogP contribution in [0.5, 0.6) is 0 Å². The average Bonchev–Trinajstić information content (AvgIpc) is 3.17. The van der Waals surface area contributed by atoms with Crippen molar-refractivity contribution < 1.29 is 14.0 Å². The molecule has 2 aromatic heterocycles. The van der Waals surface area contributed by atoms with Gasteiger partial charge in [0.2, 0.25) is 11.8 Å². The molecular weight excluding hydrogens is 348 g/mol. The third kappa shape index (κ3) is 4.22. The summed E-state index contributed by atoms with van der Waals surface area (Å²) < 4.78 is 6.36. The van der Waals surface area contributed by atoms with Crippen molar-refractivity contribution in [2.24, 2.45) is 7.05 Å². The van der Waals surface area contributed by atoms with Crippen molar-refractivity contribution in [3.8, 4) is 0 Å². The van der Waals surface area contributed by atoms with Crippen molar-refractivity contribution in [3.05, 3.63) is 64.5 Å². The summed E-state index contributed by atoms with van der Waals surface area (Å²) in [6.45, 7) is 1.85. The zero-order valence-corrected chi connectivity index (χ0v) is 15.1. The van der Waals surface area contributed by atoms with Crippen LogP contribution in [0.15, 0.2) is 51.9 Å². The Labute approximate surface area is 155 Å². The highest BCUT2D eigenvalue weighted by Gasteiger charge is 2.18. The van der Waals surface area contributed by atoms with Gasteiger partial charge in [-0.05, 0) is 25.1 Å². The van der Waals surface area contributed by atoms with Gasteiger partial charge in [-0.3, -0.25) is 14.4 Å². The van der Waals surface area contributed by atoms with Crippen LogP contribution in [-0.2, 0) is 29.6 Å².